The van der Waals surface area contributed by atoms with Crippen LogP contribution in [0, 0.1) is 5.92 Å². The molecule has 1 aliphatic rings. The molecule has 0 aromatic heterocycles. The average Bonchev–Trinajstić information content (AvgIpc) is 3.45. The van der Waals surface area contributed by atoms with E-state index in [1.165, 1.54) is 30.0 Å². The molecule has 3 atom stereocenters. The summed E-state index contributed by atoms with van der Waals surface area (Å²) in [5, 5.41) is 2.77. The van der Waals surface area contributed by atoms with Gasteiger partial charge < -0.3 is 24.4 Å². The summed E-state index contributed by atoms with van der Waals surface area (Å²) in [6.07, 6.45) is 0.341. The molecule has 1 aliphatic heterocycles. The Kier molecular flexibility index (Phi) is 12.4. The minimum absolute atomic E-state index is 0.0275. The number of hydrogen-bond donors (Lipinski definition) is 1. The molecule has 0 bridgehead atoms. The fourth-order valence-electron chi connectivity index (χ4n) is 5.80. The first-order chi connectivity index (χ1) is 23.5. The lowest BCUT2D eigenvalue weighted by Gasteiger charge is -2.38. The molecule has 268 valence electrons. The highest BCUT2D eigenvalue weighted by Gasteiger charge is 2.44. The molecular formula is C38H46N2O9S. The van der Waals surface area contributed by atoms with E-state index in [4.69, 9.17) is 14.2 Å². The second-order valence-corrected chi connectivity index (χ2v) is 15.8. The second kappa shape index (κ2) is 16.3. The third-order valence-corrected chi connectivity index (χ3v) is 9.49. The molecule has 0 radical (unpaired) electrons. The molecule has 0 saturated heterocycles. The normalized spacial score (nSPS) is 15.3. The predicted molar refractivity (Wildman–Crippen MR) is 187 cm³/mol. The maximum Gasteiger partial charge on any atom is 0.329 e. The average molecular weight is 707 g/mol. The van der Waals surface area contributed by atoms with Crippen LogP contribution < -0.4 is 10.1 Å². The molecule has 0 spiro atoms. The van der Waals surface area contributed by atoms with Crippen molar-refractivity contribution in [2.24, 2.45) is 5.92 Å². The van der Waals surface area contributed by atoms with Crippen molar-refractivity contribution >= 4 is 33.6 Å². The van der Waals surface area contributed by atoms with Gasteiger partial charge in [-0.15, -0.1) is 0 Å². The van der Waals surface area contributed by atoms with Gasteiger partial charge in [-0.1, -0.05) is 74.5 Å². The maximum atomic E-state index is 14.8. The van der Waals surface area contributed by atoms with E-state index in [0.717, 1.165) is 11.1 Å². The molecule has 0 aliphatic carbocycles. The van der Waals surface area contributed by atoms with Gasteiger partial charge in [-0.05, 0) is 62.4 Å². The Labute approximate surface area is 294 Å². The molecule has 1 heterocycles. The van der Waals surface area contributed by atoms with E-state index in [1.807, 2.05) is 74.5 Å². The van der Waals surface area contributed by atoms with Crippen LogP contribution in [0.15, 0.2) is 83.8 Å². The highest BCUT2D eigenvalue weighted by Crippen LogP contribution is 2.40. The third kappa shape index (κ3) is 10.4. The lowest BCUT2D eigenvalue weighted by molar-refractivity contribution is -0.160. The molecule has 0 saturated carbocycles. The molecule has 4 rings (SSSR count). The van der Waals surface area contributed by atoms with Crippen molar-refractivity contribution in [2.45, 2.75) is 89.6 Å². The highest BCUT2D eigenvalue weighted by molar-refractivity contribution is 7.92. The number of nitrogens with zero attached hydrogens (tertiary/aromatic N) is 1. The molecule has 1 N–H and O–H groups in total. The van der Waals surface area contributed by atoms with E-state index in [2.05, 4.69) is 5.32 Å². The van der Waals surface area contributed by atoms with E-state index in [1.54, 1.807) is 20.8 Å². The van der Waals surface area contributed by atoms with Crippen LogP contribution in [0.25, 0.3) is 0 Å². The lowest BCUT2D eigenvalue weighted by atomic mass is 9.96. The number of ether oxygens (including phenoxy) is 3. The zero-order chi connectivity index (χ0) is 36.6. The summed E-state index contributed by atoms with van der Waals surface area (Å²) < 4.78 is 43.9. The molecule has 3 aromatic carbocycles. The number of carbonyl (C=O) groups excluding carboxylic acids is 4. The van der Waals surface area contributed by atoms with Gasteiger partial charge in [0.2, 0.25) is 11.8 Å². The van der Waals surface area contributed by atoms with Gasteiger partial charge in [0.25, 0.3) is 0 Å². The van der Waals surface area contributed by atoms with Crippen molar-refractivity contribution < 1.29 is 41.8 Å². The molecule has 12 heteroatoms. The number of sulfone groups is 1. The van der Waals surface area contributed by atoms with Crippen LogP contribution in [0.4, 0.5) is 0 Å². The molecule has 11 nitrogen and oxygen atoms in total. The number of rotatable bonds is 14. The van der Waals surface area contributed by atoms with E-state index < -0.39 is 63.1 Å². The minimum Gasteiger partial charge on any atom is -0.491 e. The molecule has 0 fully saturated rings. The van der Waals surface area contributed by atoms with Crippen molar-refractivity contribution in [2.75, 3.05) is 12.4 Å². The first-order valence-electron chi connectivity index (χ1n) is 16.6. The maximum absolute atomic E-state index is 14.8. The Bertz CT molecular complexity index is 1770. The highest BCUT2D eigenvalue weighted by atomic mass is 32.2. The van der Waals surface area contributed by atoms with Gasteiger partial charge in [0.05, 0.1) is 10.9 Å². The number of benzene rings is 3. The predicted octanol–water partition coefficient (Wildman–Crippen LogP) is 4.97. The molecule has 1 unspecified atom stereocenters. The van der Waals surface area contributed by atoms with Crippen LogP contribution in [0.1, 0.15) is 70.7 Å². The number of nitrogens with one attached hydrogen (secondary N) is 1. The van der Waals surface area contributed by atoms with Gasteiger partial charge in [0, 0.05) is 18.9 Å². The largest absolute Gasteiger partial charge is 0.491 e. The van der Waals surface area contributed by atoms with Crippen molar-refractivity contribution in [3.05, 3.63) is 95.6 Å². The van der Waals surface area contributed by atoms with Gasteiger partial charge in [0.15, 0.2) is 15.6 Å². The standard InChI is InChI=1S/C38H46N2O9S/c1-25(2)19-32(37(44)48-22-28-15-11-8-12-16-28)40(36(43)31(39-26(3)41)20-27-13-9-7-10-14-27)33-23-47-34-18-17-29(21-30(33)34)50(45,46)24-35(42)49-38(4,5)6/h7-18,21,25,31-33H,19-20,22-24H2,1-6H3,(H,39,41)/t31?,32-,33+/m0/s1. The lowest BCUT2D eigenvalue weighted by Crippen LogP contribution is -2.56. The summed E-state index contributed by atoms with van der Waals surface area (Å²) in [5.74, 6) is -3.20. The molecule has 50 heavy (non-hydrogen) atoms. The van der Waals surface area contributed by atoms with Crippen molar-refractivity contribution in [3.63, 3.8) is 0 Å². The van der Waals surface area contributed by atoms with E-state index in [9.17, 15) is 27.6 Å². The summed E-state index contributed by atoms with van der Waals surface area (Å²) in [5.41, 5.74) is 1.01. The number of hydrogen-bond acceptors (Lipinski definition) is 9. The molecular weight excluding hydrogens is 660 g/mol. The van der Waals surface area contributed by atoms with Gasteiger partial charge in [-0.2, -0.15) is 0 Å². The monoisotopic (exact) mass is 706 g/mol. The van der Waals surface area contributed by atoms with Crippen LogP contribution in [0.3, 0.4) is 0 Å². The SMILES string of the molecule is CC(=O)NC(Cc1ccccc1)C(=O)N([C@@H]1COc2ccc(S(=O)(=O)CC(=O)OC(C)(C)C)cc21)[C@@H](CC(C)C)C(=O)OCc1ccccc1. The first-order valence-corrected chi connectivity index (χ1v) is 18.2. The number of fused-ring (bicyclic) bond motifs is 1. The fraction of sp³-hybridized carbons (Fsp3) is 0.421. The summed E-state index contributed by atoms with van der Waals surface area (Å²) in [7, 11) is -4.17. The zero-order valence-electron chi connectivity index (χ0n) is 29.4. The van der Waals surface area contributed by atoms with Gasteiger partial charge in [-0.25, -0.2) is 13.2 Å². The number of amides is 2. The van der Waals surface area contributed by atoms with Crippen molar-refractivity contribution in [1.29, 1.82) is 0 Å². The van der Waals surface area contributed by atoms with E-state index >= 15 is 0 Å². The molecule has 3 aromatic rings. The second-order valence-electron chi connectivity index (χ2n) is 13.8. The Balaban J connectivity index is 1.78. The van der Waals surface area contributed by atoms with Gasteiger partial charge >= 0.3 is 11.9 Å². The first kappa shape index (κ1) is 38.1. The summed E-state index contributed by atoms with van der Waals surface area (Å²) in [6.45, 7) is 9.95. The van der Waals surface area contributed by atoms with Crippen LogP contribution in [-0.2, 0) is 51.5 Å². The Hall–Kier alpha value is -4.71. The number of esters is 2. The Morgan fingerprint density at radius 1 is 0.940 bits per heavy atom. The van der Waals surface area contributed by atoms with E-state index in [0.29, 0.717) is 11.3 Å². The van der Waals surface area contributed by atoms with Crippen LogP contribution >= 0.6 is 0 Å². The van der Waals surface area contributed by atoms with Crippen molar-refractivity contribution in [3.8, 4) is 5.75 Å². The van der Waals surface area contributed by atoms with Crippen LogP contribution in [0.5, 0.6) is 5.75 Å². The van der Waals surface area contributed by atoms with Gasteiger partial charge in [0.1, 0.15) is 36.6 Å². The van der Waals surface area contributed by atoms with E-state index in [-0.39, 0.29) is 36.9 Å². The van der Waals surface area contributed by atoms with Crippen molar-refractivity contribution in [1.82, 2.24) is 10.2 Å². The van der Waals surface area contributed by atoms with Crippen LogP contribution in [0.2, 0.25) is 0 Å². The fourth-order valence-corrected chi connectivity index (χ4v) is 6.92. The van der Waals surface area contributed by atoms with Crippen LogP contribution in [-0.4, -0.2) is 67.1 Å². The summed E-state index contributed by atoms with van der Waals surface area (Å²) >= 11 is 0. The Morgan fingerprint density at radius 3 is 2.14 bits per heavy atom. The molecule has 2 amide bonds. The summed E-state index contributed by atoms with van der Waals surface area (Å²) in [4.78, 5) is 55.0. The zero-order valence-corrected chi connectivity index (χ0v) is 30.2. The smallest absolute Gasteiger partial charge is 0.329 e. The quantitative estimate of drug-likeness (QED) is 0.230. The minimum atomic E-state index is -4.17. The topological polar surface area (TPSA) is 145 Å². The summed E-state index contributed by atoms with van der Waals surface area (Å²) in [6, 6.07) is 19.4. The number of carbonyl (C=O) groups is 4. The Morgan fingerprint density at radius 2 is 1.56 bits per heavy atom. The van der Waals surface area contributed by atoms with Gasteiger partial charge in [-0.3, -0.25) is 14.4 Å². The third-order valence-electron chi connectivity index (χ3n) is 7.90.